The number of nitrogens with zero attached hydrogens (tertiary/aromatic N) is 4. The molecular weight excluding hydrogens is 184 g/mol. The van der Waals surface area contributed by atoms with Gasteiger partial charge in [0.05, 0.1) is 0 Å². The van der Waals surface area contributed by atoms with E-state index in [9.17, 15) is 0 Å². The molecule has 4 nitrogen and oxygen atoms in total. The molecule has 0 saturated carbocycles. The average molecular weight is 190 g/mol. The summed E-state index contributed by atoms with van der Waals surface area (Å²) < 4.78 is 0. The van der Waals surface area contributed by atoms with Crippen molar-refractivity contribution in [2.24, 2.45) is 5.11 Å². The summed E-state index contributed by atoms with van der Waals surface area (Å²) in [5, 5.41) is 11.9. The molecule has 0 aliphatic carbocycles. The second-order valence-corrected chi connectivity index (χ2v) is 3.24. The summed E-state index contributed by atoms with van der Waals surface area (Å²) in [7, 11) is 0. The van der Waals surface area contributed by atoms with Crippen molar-refractivity contribution in [2.75, 3.05) is 6.54 Å². The topological polar surface area (TPSA) is 72.5 Å². The fraction of sp³-hybridized carbons (Fsp3) is 0.125. The first-order valence-electron chi connectivity index (χ1n) is 3.54. The maximum atomic E-state index is 8.53. The predicted octanol–water partition coefficient (Wildman–Crippen LogP) is 2.94. The first-order chi connectivity index (χ1) is 6.36. The third-order valence-corrected chi connectivity index (χ3v) is 2.22. The molecule has 0 aliphatic heterocycles. The number of nitriles is 1. The van der Waals surface area contributed by atoms with E-state index in [-0.39, 0.29) is 0 Å². The van der Waals surface area contributed by atoms with Crippen molar-refractivity contribution in [1.82, 2.24) is 0 Å². The highest BCUT2D eigenvalue weighted by atomic mass is 32.1. The van der Waals surface area contributed by atoms with Crippen molar-refractivity contribution < 1.29 is 0 Å². The third kappa shape index (κ3) is 2.99. The zero-order chi connectivity index (χ0) is 9.52. The second kappa shape index (κ2) is 4.99. The van der Waals surface area contributed by atoms with Crippen LogP contribution in [0.5, 0.6) is 0 Å². The molecule has 1 aromatic rings. The lowest BCUT2D eigenvalue weighted by molar-refractivity contribution is 1.22. The van der Waals surface area contributed by atoms with Crippen molar-refractivity contribution in [1.29, 1.82) is 5.26 Å². The zero-order valence-corrected chi connectivity index (χ0v) is 7.53. The van der Waals surface area contributed by atoms with Gasteiger partial charge in [0, 0.05) is 16.3 Å². The Morgan fingerprint density at radius 2 is 2.54 bits per heavy atom. The van der Waals surface area contributed by atoms with E-state index >= 15 is 0 Å². The van der Waals surface area contributed by atoms with Crippen molar-refractivity contribution >= 4 is 17.4 Å². The molecule has 13 heavy (non-hydrogen) atoms. The van der Waals surface area contributed by atoms with Gasteiger partial charge in [-0.3, -0.25) is 0 Å². The molecule has 0 spiro atoms. The van der Waals surface area contributed by atoms with Gasteiger partial charge in [0.15, 0.2) is 0 Å². The van der Waals surface area contributed by atoms with Crippen LogP contribution < -0.4 is 0 Å². The second-order valence-electron chi connectivity index (χ2n) is 2.13. The molecular formula is C8H6N4S. The standard InChI is InChI=1S/C8H6N4S/c9-6-8-4-3-7(13-8)2-1-5-11-12-10/h1-4H,5H2. The van der Waals surface area contributed by atoms with E-state index in [1.165, 1.54) is 11.3 Å². The van der Waals surface area contributed by atoms with Crippen LogP contribution in [0.3, 0.4) is 0 Å². The number of hydrogen-bond donors (Lipinski definition) is 0. The Hall–Kier alpha value is -1.76. The van der Waals surface area contributed by atoms with E-state index in [0.717, 1.165) is 4.88 Å². The van der Waals surface area contributed by atoms with Crippen LogP contribution >= 0.6 is 11.3 Å². The van der Waals surface area contributed by atoms with E-state index in [1.54, 1.807) is 12.1 Å². The van der Waals surface area contributed by atoms with Crippen LogP contribution in [0.4, 0.5) is 0 Å². The molecule has 0 amide bonds. The molecule has 0 radical (unpaired) electrons. The molecule has 0 N–H and O–H groups in total. The average Bonchev–Trinajstić information content (AvgIpc) is 2.60. The van der Waals surface area contributed by atoms with Gasteiger partial charge >= 0.3 is 0 Å². The Balaban J connectivity index is 2.59. The van der Waals surface area contributed by atoms with Gasteiger partial charge in [-0.15, -0.1) is 11.3 Å². The lowest BCUT2D eigenvalue weighted by atomic mass is 10.4. The molecule has 1 aromatic heterocycles. The van der Waals surface area contributed by atoms with E-state index in [1.807, 2.05) is 12.1 Å². The molecule has 64 valence electrons. The number of azide groups is 1. The Kier molecular flexibility index (Phi) is 3.58. The molecule has 0 bridgehead atoms. The minimum atomic E-state index is 0.344. The monoisotopic (exact) mass is 190 g/mol. The first kappa shape index (κ1) is 9.33. The van der Waals surface area contributed by atoms with Gasteiger partial charge < -0.3 is 0 Å². The Morgan fingerprint density at radius 3 is 3.15 bits per heavy atom. The van der Waals surface area contributed by atoms with Crippen LogP contribution in [0.25, 0.3) is 16.5 Å². The summed E-state index contributed by atoms with van der Waals surface area (Å²) in [6, 6.07) is 5.67. The SMILES string of the molecule is N#Cc1ccc(C=CCN=[N+]=[N-])s1. The Bertz CT molecular complexity index is 393. The van der Waals surface area contributed by atoms with Gasteiger partial charge in [-0.25, -0.2) is 0 Å². The summed E-state index contributed by atoms with van der Waals surface area (Å²) in [6.45, 7) is 0.344. The number of hydrogen-bond acceptors (Lipinski definition) is 3. The summed E-state index contributed by atoms with van der Waals surface area (Å²) in [5.74, 6) is 0. The minimum absolute atomic E-state index is 0.344. The Morgan fingerprint density at radius 1 is 1.69 bits per heavy atom. The van der Waals surface area contributed by atoms with Crippen molar-refractivity contribution in [3.05, 3.63) is 38.4 Å². The summed E-state index contributed by atoms with van der Waals surface area (Å²) in [5.41, 5.74) is 7.99. The van der Waals surface area contributed by atoms with Crippen molar-refractivity contribution in [3.63, 3.8) is 0 Å². The van der Waals surface area contributed by atoms with Crippen LogP contribution in [0.15, 0.2) is 23.3 Å². The van der Waals surface area contributed by atoms with Gasteiger partial charge in [0.25, 0.3) is 0 Å². The van der Waals surface area contributed by atoms with Crippen LogP contribution in [-0.2, 0) is 0 Å². The van der Waals surface area contributed by atoms with Crippen LogP contribution in [0, 0.1) is 11.3 Å². The molecule has 0 saturated heterocycles. The van der Waals surface area contributed by atoms with E-state index in [4.69, 9.17) is 10.8 Å². The molecule has 0 fully saturated rings. The van der Waals surface area contributed by atoms with Gasteiger partial charge in [0.1, 0.15) is 10.9 Å². The van der Waals surface area contributed by atoms with Crippen molar-refractivity contribution in [3.8, 4) is 6.07 Å². The smallest absolute Gasteiger partial charge is 0.110 e. The maximum absolute atomic E-state index is 8.53. The van der Waals surface area contributed by atoms with Crippen LogP contribution in [0.1, 0.15) is 9.75 Å². The van der Waals surface area contributed by atoms with Gasteiger partial charge in [-0.1, -0.05) is 11.2 Å². The largest absolute Gasteiger partial charge is 0.192 e. The molecule has 1 rings (SSSR count). The number of rotatable bonds is 3. The zero-order valence-electron chi connectivity index (χ0n) is 6.71. The fourth-order valence-corrected chi connectivity index (χ4v) is 1.49. The number of thiophene rings is 1. The highest BCUT2D eigenvalue weighted by molar-refractivity contribution is 7.13. The summed E-state index contributed by atoms with van der Waals surface area (Å²) in [4.78, 5) is 4.29. The van der Waals surface area contributed by atoms with Gasteiger partial charge in [-0.2, -0.15) is 5.26 Å². The summed E-state index contributed by atoms with van der Waals surface area (Å²) >= 11 is 1.41. The van der Waals surface area contributed by atoms with E-state index in [0.29, 0.717) is 11.4 Å². The molecule has 0 aliphatic rings. The van der Waals surface area contributed by atoms with Crippen LogP contribution in [-0.4, -0.2) is 6.54 Å². The molecule has 1 heterocycles. The first-order valence-corrected chi connectivity index (χ1v) is 4.36. The third-order valence-electron chi connectivity index (χ3n) is 1.27. The van der Waals surface area contributed by atoms with Crippen LogP contribution in [0.2, 0.25) is 0 Å². The van der Waals surface area contributed by atoms with E-state index in [2.05, 4.69) is 16.1 Å². The highest BCUT2D eigenvalue weighted by Gasteiger charge is 1.93. The minimum Gasteiger partial charge on any atom is -0.192 e. The van der Waals surface area contributed by atoms with Crippen molar-refractivity contribution in [2.45, 2.75) is 0 Å². The predicted molar refractivity (Wildman–Crippen MR) is 52.1 cm³/mol. The molecule has 0 unspecified atom stereocenters. The normalized spacial score (nSPS) is 9.46. The molecule has 0 atom stereocenters. The lowest BCUT2D eigenvalue weighted by Crippen LogP contribution is -1.65. The maximum Gasteiger partial charge on any atom is 0.110 e. The van der Waals surface area contributed by atoms with Gasteiger partial charge in [-0.05, 0) is 23.7 Å². The fourth-order valence-electron chi connectivity index (χ4n) is 0.755. The molecule has 0 aromatic carbocycles. The molecule has 5 heteroatoms. The Labute approximate surface area is 79.4 Å². The summed E-state index contributed by atoms with van der Waals surface area (Å²) in [6.07, 6.45) is 3.59. The van der Waals surface area contributed by atoms with Gasteiger partial charge in [0.2, 0.25) is 0 Å². The highest BCUT2D eigenvalue weighted by Crippen LogP contribution is 2.16. The quantitative estimate of drug-likeness (QED) is 0.410. The lowest BCUT2D eigenvalue weighted by Gasteiger charge is -1.80. The van der Waals surface area contributed by atoms with E-state index < -0.39 is 0 Å².